The predicted octanol–water partition coefficient (Wildman–Crippen LogP) is 1.34. The van der Waals surface area contributed by atoms with E-state index in [1.54, 1.807) is 7.05 Å². The second-order valence-electron chi connectivity index (χ2n) is 5.25. The van der Waals surface area contributed by atoms with Gasteiger partial charge in [-0.1, -0.05) is 24.4 Å². The zero-order valence-corrected chi connectivity index (χ0v) is 12.8. The van der Waals surface area contributed by atoms with Crippen LogP contribution >= 0.6 is 12.2 Å². The lowest BCUT2D eigenvalue weighted by atomic mass is 10.0. The standard InChI is InChI=1S/C15H21N3OS/c1-10-8-11(14(16)20)5-6-12(10)9-18-7-3-4-13(18)15(19)17-2/h5-6,8,13H,3-4,7,9H2,1-2H3,(H2,16,20)(H,17,19). The van der Waals surface area contributed by atoms with Gasteiger partial charge < -0.3 is 11.1 Å². The molecule has 108 valence electrons. The molecule has 1 fully saturated rings. The molecule has 0 bridgehead atoms. The lowest BCUT2D eigenvalue weighted by Crippen LogP contribution is -2.41. The zero-order valence-electron chi connectivity index (χ0n) is 12.0. The van der Waals surface area contributed by atoms with Crippen molar-refractivity contribution in [3.8, 4) is 0 Å². The zero-order chi connectivity index (χ0) is 14.7. The van der Waals surface area contributed by atoms with Gasteiger partial charge in [0.25, 0.3) is 0 Å². The number of thiocarbonyl (C=S) groups is 1. The van der Waals surface area contributed by atoms with Crippen molar-refractivity contribution < 1.29 is 4.79 Å². The highest BCUT2D eigenvalue weighted by atomic mass is 32.1. The average Bonchev–Trinajstić information content (AvgIpc) is 2.88. The van der Waals surface area contributed by atoms with Gasteiger partial charge in [-0.15, -0.1) is 0 Å². The maximum Gasteiger partial charge on any atom is 0.237 e. The van der Waals surface area contributed by atoms with E-state index in [2.05, 4.69) is 23.2 Å². The molecule has 1 saturated heterocycles. The van der Waals surface area contributed by atoms with Crippen molar-refractivity contribution >= 4 is 23.1 Å². The SMILES string of the molecule is CNC(=O)C1CCCN1Cc1ccc(C(N)=S)cc1C. The largest absolute Gasteiger partial charge is 0.389 e. The first-order valence-corrected chi connectivity index (χ1v) is 7.28. The van der Waals surface area contributed by atoms with Crippen LogP contribution in [-0.4, -0.2) is 35.4 Å². The van der Waals surface area contributed by atoms with Crippen molar-refractivity contribution in [2.45, 2.75) is 32.4 Å². The van der Waals surface area contributed by atoms with Gasteiger partial charge in [-0.25, -0.2) is 0 Å². The van der Waals surface area contributed by atoms with E-state index in [-0.39, 0.29) is 11.9 Å². The quantitative estimate of drug-likeness (QED) is 0.822. The minimum absolute atomic E-state index is 0.00494. The molecule has 2 rings (SSSR count). The Bertz CT molecular complexity index is 530. The molecule has 0 radical (unpaired) electrons. The molecule has 0 aliphatic carbocycles. The van der Waals surface area contributed by atoms with Crippen LogP contribution < -0.4 is 11.1 Å². The van der Waals surface area contributed by atoms with Crippen LogP contribution in [0.25, 0.3) is 0 Å². The first-order valence-electron chi connectivity index (χ1n) is 6.88. The summed E-state index contributed by atoms with van der Waals surface area (Å²) in [6.45, 7) is 3.82. The summed E-state index contributed by atoms with van der Waals surface area (Å²) in [5, 5.41) is 2.75. The van der Waals surface area contributed by atoms with E-state index < -0.39 is 0 Å². The highest BCUT2D eigenvalue weighted by Gasteiger charge is 2.29. The Morgan fingerprint density at radius 3 is 2.90 bits per heavy atom. The summed E-state index contributed by atoms with van der Waals surface area (Å²) in [6, 6.07) is 6.02. The van der Waals surface area contributed by atoms with Crippen LogP contribution in [0.2, 0.25) is 0 Å². The predicted molar refractivity (Wildman–Crippen MR) is 84.6 cm³/mol. The Morgan fingerprint density at radius 1 is 1.55 bits per heavy atom. The summed E-state index contributed by atoms with van der Waals surface area (Å²) in [6.07, 6.45) is 2.01. The number of carbonyl (C=O) groups is 1. The first-order chi connectivity index (χ1) is 9.52. The number of aryl methyl sites for hydroxylation is 1. The highest BCUT2D eigenvalue weighted by molar-refractivity contribution is 7.80. The van der Waals surface area contributed by atoms with Crippen molar-refractivity contribution in [3.63, 3.8) is 0 Å². The fourth-order valence-corrected chi connectivity index (χ4v) is 2.85. The van der Waals surface area contributed by atoms with Crippen LogP contribution in [0, 0.1) is 6.92 Å². The van der Waals surface area contributed by atoms with E-state index >= 15 is 0 Å². The number of nitrogens with zero attached hydrogens (tertiary/aromatic N) is 1. The van der Waals surface area contributed by atoms with Gasteiger partial charge in [0, 0.05) is 19.2 Å². The van der Waals surface area contributed by atoms with Crippen molar-refractivity contribution in [1.82, 2.24) is 10.2 Å². The van der Waals surface area contributed by atoms with Crippen molar-refractivity contribution in [2.75, 3.05) is 13.6 Å². The Balaban J connectivity index is 2.13. The number of rotatable bonds is 4. The number of hydrogen-bond donors (Lipinski definition) is 2. The summed E-state index contributed by atoms with van der Waals surface area (Å²) in [5.41, 5.74) is 8.93. The molecule has 4 nitrogen and oxygen atoms in total. The maximum atomic E-state index is 11.9. The van der Waals surface area contributed by atoms with Crippen LogP contribution in [0.15, 0.2) is 18.2 Å². The van der Waals surface area contributed by atoms with Crippen LogP contribution in [0.5, 0.6) is 0 Å². The Kier molecular flexibility index (Phi) is 4.73. The van der Waals surface area contributed by atoms with E-state index in [0.29, 0.717) is 4.99 Å². The van der Waals surface area contributed by atoms with Gasteiger partial charge >= 0.3 is 0 Å². The van der Waals surface area contributed by atoms with E-state index in [4.69, 9.17) is 18.0 Å². The van der Waals surface area contributed by atoms with Crippen molar-refractivity contribution in [2.24, 2.45) is 5.73 Å². The number of hydrogen-bond acceptors (Lipinski definition) is 3. The smallest absolute Gasteiger partial charge is 0.237 e. The molecule has 0 aromatic heterocycles. The van der Waals surface area contributed by atoms with Crippen LogP contribution in [0.3, 0.4) is 0 Å². The Hall–Kier alpha value is -1.46. The van der Waals surface area contributed by atoms with E-state index in [0.717, 1.165) is 37.1 Å². The minimum atomic E-state index is -0.00494. The highest BCUT2D eigenvalue weighted by Crippen LogP contribution is 2.22. The molecule has 1 aliphatic heterocycles. The molecule has 0 spiro atoms. The van der Waals surface area contributed by atoms with Gasteiger partial charge in [-0.05, 0) is 43.5 Å². The monoisotopic (exact) mass is 291 g/mol. The summed E-state index contributed by atoms with van der Waals surface area (Å²) in [4.78, 5) is 14.5. The molecular formula is C15H21N3OS. The third-order valence-corrected chi connectivity index (χ3v) is 4.15. The summed E-state index contributed by atoms with van der Waals surface area (Å²) in [7, 11) is 1.70. The fourth-order valence-electron chi connectivity index (χ4n) is 2.72. The lowest BCUT2D eigenvalue weighted by molar-refractivity contribution is -0.125. The Morgan fingerprint density at radius 2 is 2.30 bits per heavy atom. The molecule has 0 saturated carbocycles. The van der Waals surface area contributed by atoms with E-state index in [9.17, 15) is 4.79 Å². The van der Waals surface area contributed by atoms with E-state index in [1.165, 1.54) is 5.56 Å². The molecule has 1 aromatic rings. The number of benzene rings is 1. The number of likely N-dealkylation sites (N-methyl/N-ethyl adjacent to an activating group) is 1. The average molecular weight is 291 g/mol. The molecule has 1 unspecified atom stereocenters. The van der Waals surface area contributed by atoms with Crippen LogP contribution in [-0.2, 0) is 11.3 Å². The normalized spacial score (nSPS) is 19.0. The van der Waals surface area contributed by atoms with Crippen molar-refractivity contribution in [3.05, 3.63) is 34.9 Å². The first kappa shape index (κ1) is 14.9. The van der Waals surface area contributed by atoms with Gasteiger partial charge in [-0.2, -0.15) is 0 Å². The molecule has 3 N–H and O–H groups in total. The topological polar surface area (TPSA) is 58.4 Å². The third kappa shape index (κ3) is 3.16. The number of nitrogens with two attached hydrogens (primary N) is 1. The van der Waals surface area contributed by atoms with Crippen molar-refractivity contribution in [1.29, 1.82) is 0 Å². The maximum absolute atomic E-state index is 11.9. The number of nitrogens with one attached hydrogen (secondary N) is 1. The van der Waals surface area contributed by atoms with Gasteiger partial charge in [0.2, 0.25) is 5.91 Å². The molecule has 5 heteroatoms. The fraction of sp³-hybridized carbons (Fsp3) is 0.467. The molecule has 1 aromatic carbocycles. The summed E-state index contributed by atoms with van der Waals surface area (Å²) < 4.78 is 0. The second-order valence-corrected chi connectivity index (χ2v) is 5.69. The lowest BCUT2D eigenvalue weighted by Gasteiger charge is -2.24. The van der Waals surface area contributed by atoms with Gasteiger partial charge in [0.1, 0.15) is 4.99 Å². The van der Waals surface area contributed by atoms with Gasteiger partial charge in [0.15, 0.2) is 0 Å². The number of carbonyl (C=O) groups excluding carboxylic acids is 1. The molecule has 1 atom stereocenters. The molecule has 1 heterocycles. The van der Waals surface area contributed by atoms with E-state index in [1.807, 2.05) is 12.1 Å². The van der Waals surface area contributed by atoms with Crippen LogP contribution in [0.4, 0.5) is 0 Å². The third-order valence-electron chi connectivity index (χ3n) is 3.91. The molecular weight excluding hydrogens is 270 g/mol. The molecule has 1 aliphatic rings. The summed E-state index contributed by atoms with van der Waals surface area (Å²) >= 11 is 4.99. The van der Waals surface area contributed by atoms with Gasteiger partial charge in [0.05, 0.1) is 6.04 Å². The Labute approximate surface area is 125 Å². The summed E-state index contributed by atoms with van der Waals surface area (Å²) in [5.74, 6) is 0.111. The minimum Gasteiger partial charge on any atom is -0.389 e. The second kappa shape index (κ2) is 6.33. The molecule has 20 heavy (non-hydrogen) atoms. The molecule has 1 amide bonds. The van der Waals surface area contributed by atoms with Gasteiger partial charge in [-0.3, -0.25) is 9.69 Å². The number of likely N-dealkylation sites (tertiary alicyclic amines) is 1. The number of amides is 1. The van der Waals surface area contributed by atoms with Crippen LogP contribution in [0.1, 0.15) is 29.5 Å².